The topological polar surface area (TPSA) is 46.5 Å². The molecule has 1 rings (SSSR count). The molecule has 80 valence electrons. The Morgan fingerprint density at radius 2 is 2.27 bits per heavy atom. The fourth-order valence-electron chi connectivity index (χ4n) is 1.25. The van der Waals surface area contributed by atoms with E-state index in [2.05, 4.69) is 0 Å². The lowest BCUT2D eigenvalue weighted by Gasteiger charge is -2.05. The van der Waals surface area contributed by atoms with Crippen molar-refractivity contribution in [3.63, 3.8) is 0 Å². The lowest BCUT2D eigenvalue weighted by molar-refractivity contribution is -0.131. The Labute approximate surface area is 89.0 Å². The molecule has 0 fully saturated rings. The van der Waals surface area contributed by atoms with Gasteiger partial charge >= 0.3 is 5.97 Å². The summed E-state index contributed by atoms with van der Waals surface area (Å²) < 4.78 is 5.33. The van der Waals surface area contributed by atoms with Crippen molar-refractivity contribution >= 4 is 12.0 Å². The fourth-order valence-corrected chi connectivity index (χ4v) is 1.25. The number of hydrogen-bond acceptors (Lipinski definition) is 2. The first-order valence-electron chi connectivity index (χ1n) is 4.78. The van der Waals surface area contributed by atoms with Crippen LogP contribution in [-0.4, -0.2) is 17.7 Å². The first-order chi connectivity index (χ1) is 7.13. The maximum Gasteiger partial charge on any atom is 0.328 e. The molecular weight excluding hydrogens is 192 g/mol. The molecule has 0 aliphatic carbocycles. The third-order valence-corrected chi connectivity index (χ3v) is 1.96. The molecule has 0 heterocycles. The van der Waals surface area contributed by atoms with Crippen molar-refractivity contribution in [1.29, 1.82) is 0 Å². The molecule has 0 spiro atoms. The average molecular weight is 206 g/mol. The van der Waals surface area contributed by atoms with Crippen LogP contribution in [0.15, 0.2) is 24.3 Å². The van der Waals surface area contributed by atoms with Gasteiger partial charge in [-0.05, 0) is 43.2 Å². The summed E-state index contributed by atoms with van der Waals surface area (Å²) in [5.41, 5.74) is 1.89. The molecule has 0 unspecified atom stereocenters. The summed E-state index contributed by atoms with van der Waals surface area (Å²) in [4.78, 5) is 10.3. The summed E-state index contributed by atoms with van der Waals surface area (Å²) in [5, 5.41) is 8.49. The van der Waals surface area contributed by atoms with Crippen LogP contribution < -0.4 is 4.74 Å². The highest BCUT2D eigenvalue weighted by Gasteiger charge is 1.98. The molecule has 0 atom stereocenters. The molecule has 0 aromatic heterocycles. The van der Waals surface area contributed by atoms with Gasteiger partial charge in [0.15, 0.2) is 0 Å². The largest absolute Gasteiger partial charge is 0.494 e. The monoisotopic (exact) mass is 206 g/mol. The van der Waals surface area contributed by atoms with E-state index in [1.165, 1.54) is 0 Å². The highest BCUT2D eigenvalue weighted by Crippen LogP contribution is 2.18. The van der Waals surface area contributed by atoms with Crippen LogP contribution in [0.25, 0.3) is 6.08 Å². The van der Waals surface area contributed by atoms with Gasteiger partial charge in [-0.25, -0.2) is 4.79 Å². The van der Waals surface area contributed by atoms with Gasteiger partial charge < -0.3 is 9.84 Å². The maximum absolute atomic E-state index is 10.3. The predicted molar refractivity (Wildman–Crippen MR) is 59.0 cm³/mol. The average Bonchev–Trinajstić information content (AvgIpc) is 2.17. The van der Waals surface area contributed by atoms with Crippen molar-refractivity contribution in [1.82, 2.24) is 0 Å². The standard InChI is InChI=1S/C12H14O3/c1-3-15-11-6-4-10(9(2)8-11)5-7-12(13)14/h4-8H,3H2,1-2H3,(H,13,14)/b7-5+. The molecule has 15 heavy (non-hydrogen) atoms. The van der Waals surface area contributed by atoms with E-state index < -0.39 is 5.97 Å². The van der Waals surface area contributed by atoms with Gasteiger partial charge in [-0.15, -0.1) is 0 Å². The number of ether oxygens (including phenoxy) is 1. The van der Waals surface area contributed by atoms with Gasteiger partial charge in [0.05, 0.1) is 6.61 Å². The van der Waals surface area contributed by atoms with Gasteiger partial charge in [0.25, 0.3) is 0 Å². The zero-order chi connectivity index (χ0) is 11.3. The minimum Gasteiger partial charge on any atom is -0.494 e. The minimum absolute atomic E-state index is 0.629. The van der Waals surface area contributed by atoms with E-state index in [1.807, 2.05) is 32.0 Å². The van der Waals surface area contributed by atoms with Crippen LogP contribution >= 0.6 is 0 Å². The van der Waals surface area contributed by atoms with Crippen LogP contribution in [0.3, 0.4) is 0 Å². The second-order valence-corrected chi connectivity index (χ2v) is 3.12. The van der Waals surface area contributed by atoms with Crippen LogP contribution in [0.5, 0.6) is 5.75 Å². The van der Waals surface area contributed by atoms with Crippen LogP contribution in [-0.2, 0) is 4.79 Å². The van der Waals surface area contributed by atoms with E-state index in [9.17, 15) is 4.79 Å². The van der Waals surface area contributed by atoms with E-state index in [-0.39, 0.29) is 0 Å². The van der Waals surface area contributed by atoms with Gasteiger partial charge in [-0.3, -0.25) is 0 Å². The first-order valence-corrected chi connectivity index (χ1v) is 4.78. The number of rotatable bonds is 4. The molecule has 0 aliphatic heterocycles. The van der Waals surface area contributed by atoms with Crippen molar-refractivity contribution in [2.45, 2.75) is 13.8 Å². The summed E-state index contributed by atoms with van der Waals surface area (Å²) in [6.07, 6.45) is 2.70. The Hall–Kier alpha value is -1.77. The van der Waals surface area contributed by atoms with E-state index in [1.54, 1.807) is 6.08 Å². The molecule has 0 amide bonds. The van der Waals surface area contributed by atoms with Crippen molar-refractivity contribution in [2.24, 2.45) is 0 Å². The second kappa shape index (κ2) is 5.20. The van der Waals surface area contributed by atoms with Crippen LogP contribution in [0.1, 0.15) is 18.1 Å². The lowest BCUT2D eigenvalue weighted by atomic mass is 10.1. The van der Waals surface area contributed by atoms with E-state index in [4.69, 9.17) is 9.84 Å². The van der Waals surface area contributed by atoms with Crippen LogP contribution in [0.2, 0.25) is 0 Å². The number of carboxylic acid groups (broad SMARTS) is 1. The Bertz CT molecular complexity index is 380. The molecule has 3 heteroatoms. The van der Waals surface area contributed by atoms with E-state index in [0.29, 0.717) is 6.61 Å². The Balaban J connectivity index is 2.88. The molecule has 0 saturated heterocycles. The quantitative estimate of drug-likeness (QED) is 0.770. The zero-order valence-corrected chi connectivity index (χ0v) is 8.86. The molecule has 0 aliphatic rings. The number of aliphatic carboxylic acids is 1. The molecular formula is C12H14O3. The molecule has 3 nitrogen and oxygen atoms in total. The van der Waals surface area contributed by atoms with Gasteiger partial charge in [0.1, 0.15) is 5.75 Å². The molecule has 1 aromatic rings. The Morgan fingerprint density at radius 3 is 2.80 bits per heavy atom. The summed E-state index contributed by atoms with van der Waals surface area (Å²) in [6.45, 7) is 4.47. The highest BCUT2D eigenvalue weighted by atomic mass is 16.5. The Morgan fingerprint density at radius 1 is 1.53 bits per heavy atom. The molecule has 1 N–H and O–H groups in total. The first kappa shape index (κ1) is 11.3. The van der Waals surface area contributed by atoms with Crippen LogP contribution in [0.4, 0.5) is 0 Å². The Kier molecular flexibility index (Phi) is 3.92. The second-order valence-electron chi connectivity index (χ2n) is 3.12. The van der Waals surface area contributed by atoms with Gasteiger partial charge in [0, 0.05) is 6.08 Å². The lowest BCUT2D eigenvalue weighted by Crippen LogP contribution is -1.92. The predicted octanol–water partition coefficient (Wildman–Crippen LogP) is 2.49. The number of carbonyl (C=O) groups is 1. The third kappa shape index (κ3) is 3.46. The smallest absolute Gasteiger partial charge is 0.328 e. The zero-order valence-electron chi connectivity index (χ0n) is 8.86. The SMILES string of the molecule is CCOc1ccc(/C=C/C(=O)O)c(C)c1. The number of aryl methyl sites for hydroxylation is 1. The molecule has 0 saturated carbocycles. The number of benzene rings is 1. The third-order valence-electron chi connectivity index (χ3n) is 1.96. The highest BCUT2D eigenvalue weighted by molar-refractivity contribution is 5.85. The normalized spacial score (nSPS) is 10.5. The molecule has 0 bridgehead atoms. The van der Waals surface area contributed by atoms with Gasteiger partial charge in [0.2, 0.25) is 0 Å². The maximum atomic E-state index is 10.3. The van der Waals surface area contributed by atoms with E-state index >= 15 is 0 Å². The summed E-state index contributed by atoms with van der Waals surface area (Å²) in [6, 6.07) is 5.57. The van der Waals surface area contributed by atoms with Crippen molar-refractivity contribution in [3.8, 4) is 5.75 Å². The van der Waals surface area contributed by atoms with Crippen molar-refractivity contribution < 1.29 is 14.6 Å². The van der Waals surface area contributed by atoms with Crippen molar-refractivity contribution in [3.05, 3.63) is 35.4 Å². The van der Waals surface area contributed by atoms with Gasteiger partial charge in [-0.1, -0.05) is 6.07 Å². The van der Waals surface area contributed by atoms with Crippen LogP contribution in [0, 0.1) is 6.92 Å². The summed E-state index contributed by atoms with van der Waals surface area (Å²) in [5.74, 6) is -0.134. The summed E-state index contributed by atoms with van der Waals surface area (Å²) in [7, 11) is 0. The van der Waals surface area contributed by atoms with E-state index in [0.717, 1.165) is 23.0 Å². The fraction of sp³-hybridized carbons (Fsp3) is 0.250. The summed E-state index contributed by atoms with van der Waals surface area (Å²) >= 11 is 0. The molecule has 0 radical (unpaired) electrons. The van der Waals surface area contributed by atoms with Gasteiger partial charge in [-0.2, -0.15) is 0 Å². The molecule has 1 aromatic carbocycles. The van der Waals surface area contributed by atoms with Crippen molar-refractivity contribution in [2.75, 3.05) is 6.61 Å². The number of hydrogen-bond donors (Lipinski definition) is 1. The number of carboxylic acids is 1. The minimum atomic E-state index is -0.941.